The van der Waals surface area contributed by atoms with Crippen LogP contribution >= 0.6 is 0 Å². The van der Waals surface area contributed by atoms with Gasteiger partial charge in [0.2, 0.25) is 0 Å². The Morgan fingerprint density at radius 3 is 2.62 bits per heavy atom. The Hall–Kier alpha value is -1.78. The van der Waals surface area contributed by atoms with Crippen molar-refractivity contribution in [2.24, 2.45) is 5.73 Å². The highest BCUT2D eigenvalue weighted by atomic mass is 15.1. The maximum Gasteiger partial charge on any atom is 0.159 e. The van der Waals surface area contributed by atoms with E-state index < -0.39 is 0 Å². The van der Waals surface area contributed by atoms with Crippen molar-refractivity contribution in [2.75, 3.05) is 13.1 Å². The summed E-state index contributed by atoms with van der Waals surface area (Å²) in [4.78, 5) is 11.9. The number of aromatic nitrogens is 2. The van der Waals surface area contributed by atoms with E-state index in [1.807, 2.05) is 0 Å². The number of hydrogen-bond acceptors (Lipinski definition) is 4. The second-order valence-electron chi connectivity index (χ2n) is 5.61. The standard InChI is InChI=1S/C17H22N4/c1-3-21-9-8-15-14(11-21)16(10-18)20-17(19-15)13-6-4-12(2)5-7-13/h4-7H,3,8-11,18H2,1-2H3. The van der Waals surface area contributed by atoms with Crippen molar-refractivity contribution in [3.8, 4) is 11.4 Å². The first-order valence-corrected chi connectivity index (χ1v) is 7.59. The van der Waals surface area contributed by atoms with E-state index in [1.165, 1.54) is 16.8 Å². The molecule has 0 atom stereocenters. The SMILES string of the molecule is CCN1CCc2nc(-c3ccc(C)cc3)nc(CN)c2C1. The number of fused-ring (bicyclic) bond motifs is 1. The molecule has 0 radical (unpaired) electrons. The monoisotopic (exact) mass is 282 g/mol. The van der Waals surface area contributed by atoms with Crippen molar-refractivity contribution >= 4 is 0 Å². The van der Waals surface area contributed by atoms with Crippen LogP contribution in [0.2, 0.25) is 0 Å². The number of likely N-dealkylation sites (N-methyl/N-ethyl adjacent to an activating group) is 1. The molecular formula is C17H22N4. The molecular weight excluding hydrogens is 260 g/mol. The largest absolute Gasteiger partial charge is 0.325 e. The fourth-order valence-corrected chi connectivity index (χ4v) is 2.81. The average molecular weight is 282 g/mol. The van der Waals surface area contributed by atoms with Crippen molar-refractivity contribution < 1.29 is 0 Å². The van der Waals surface area contributed by atoms with Gasteiger partial charge < -0.3 is 5.73 Å². The van der Waals surface area contributed by atoms with Gasteiger partial charge in [-0.1, -0.05) is 36.8 Å². The Balaban J connectivity index is 2.03. The summed E-state index contributed by atoms with van der Waals surface area (Å²) >= 11 is 0. The molecule has 0 aliphatic carbocycles. The van der Waals surface area contributed by atoms with Gasteiger partial charge in [-0.15, -0.1) is 0 Å². The predicted molar refractivity (Wildman–Crippen MR) is 84.8 cm³/mol. The van der Waals surface area contributed by atoms with E-state index >= 15 is 0 Å². The molecule has 0 saturated carbocycles. The molecule has 0 saturated heterocycles. The van der Waals surface area contributed by atoms with Crippen LogP contribution in [0.3, 0.4) is 0 Å². The molecule has 0 fully saturated rings. The third-order valence-corrected chi connectivity index (χ3v) is 4.18. The molecule has 1 aromatic heterocycles. The van der Waals surface area contributed by atoms with Gasteiger partial charge in [0.1, 0.15) is 0 Å². The van der Waals surface area contributed by atoms with Crippen molar-refractivity contribution in [1.82, 2.24) is 14.9 Å². The lowest BCUT2D eigenvalue weighted by molar-refractivity contribution is 0.264. The minimum absolute atomic E-state index is 0.473. The number of nitrogens with two attached hydrogens (primary N) is 1. The molecule has 1 aliphatic rings. The molecule has 2 aromatic rings. The third kappa shape index (κ3) is 2.82. The quantitative estimate of drug-likeness (QED) is 0.938. The molecule has 110 valence electrons. The van der Waals surface area contributed by atoms with Gasteiger partial charge in [-0.2, -0.15) is 0 Å². The molecule has 2 N–H and O–H groups in total. The topological polar surface area (TPSA) is 55.0 Å². The highest BCUT2D eigenvalue weighted by Gasteiger charge is 2.21. The highest BCUT2D eigenvalue weighted by Crippen LogP contribution is 2.24. The molecule has 2 heterocycles. The number of rotatable bonds is 3. The molecule has 0 unspecified atom stereocenters. The lowest BCUT2D eigenvalue weighted by Crippen LogP contribution is -2.32. The van der Waals surface area contributed by atoms with Crippen LogP contribution in [0.4, 0.5) is 0 Å². The maximum absolute atomic E-state index is 5.92. The van der Waals surface area contributed by atoms with Crippen molar-refractivity contribution in [3.05, 3.63) is 46.8 Å². The predicted octanol–water partition coefficient (Wildman–Crippen LogP) is 2.29. The number of aryl methyl sites for hydroxylation is 1. The normalized spacial score (nSPS) is 15.0. The zero-order chi connectivity index (χ0) is 14.8. The van der Waals surface area contributed by atoms with E-state index in [0.29, 0.717) is 6.54 Å². The Kier molecular flexibility index (Phi) is 3.99. The molecule has 4 heteroatoms. The Morgan fingerprint density at radius 2 is 1.95 bits per heavy atom. The Labute approximate surface area is 126 Å². The number of benzene rings is 1. The molecule has 0 amide bonds. The number of nitrogens with zero attached hydrogens (tertiary/aromatic N) is 3. The van der Waals surface area contributed by atoms with Crippen LogP contribution in [0.15, 0.2) is 24.3 Å². The summed E-state index contributed by atoms with van der Waals surface area (Å²) in [6, 6.07) is 8.36. The lowest BCUT2D eigenvalue weighted by Gasteiger charge is -2.28. The van der Waals surface area contributed by atoms with Gasteiger partial charge in [0.25, 0.3) is 0 Å². The molecule has 3 rings (SSSR count). The lowest BCUT2D eigenvalue weighted by atomic mass is 10.0. The molecule has 1 aliphatic heterocycles. The van der Waals surface area contributed by atoms with Gasteiger partial charge in [-0.05, 0) is 13.5 Å². The fourth-order valence-electron chi connectivity index (χ4n) is 2.81. The third-order valence-electron chi connectivity index (χ3n) is 4.18. The van der Waals surface area contributed by atoms with Gasteiger partial charge in [0.05, 0.1) is 11.4 Å². The van der Waals surface area contributed by atoms with E-state index in [9.17, 15) is 0 Å². The summed E-state index contributed by atoms with van der Waals surface area (Å²) in [5.41, 5.74) is 11.6. The smallest absolute Gasteiger partial charge is 0.159 e. The summed E-state index contributed by atoms with van der Waals surface area (Å²) < 4.78 is 0. The van der Waals surface area contributed by atoms with E-state index in [1.54, 1.807) is 0 Å². The number of hydrogen-bond donors (Lipinski definition) is 1. The highest BCUT2D eigenvalue weighted by molar-refractivity contribution is 5.56. The van der Waals surface area contributed by atoms with Crippen LogP contribution in [0.25, 0.3) is 11.4 Å². The maximum atomic E-state index is 5.92. The van der Waals surface area contributed by atoms with E-state index in [4.69, 9.17) is 15.7 Å². The van der Waals surface area contributed by atoms with Gasteiger partial charge in [0, 0.05) is 37.2 Å². The fraction of sp³-hybridized carbons (Fsp3) is 0.412. The Morgan fingerprint density at radius 1 is 1.19 bits per heavy atom. The van der Waals surface area contributed by atoms with E-state index in [-0.39, 0.29) is 0 Å². The van der Waals surface area contributed by atoms with Crippen molar-refractivity contribution in [1.29, 1.82) is 0 Å². The van der Waals surface area contributed by atoms with Crippen LogP contribution in [-0.4, -0.2) is 28.0 Å². The summed E-state index contributed by atoms with van der Waals surface area (Å²) in [5, 5.41) is 0. The molecule has 0 spiro atoms. The molecule has 4 nitrogen and oxygen atoms in total. The van der Waals surface area contributed by atoms with Crippen LogP contribution in [-0.2, 0) is 19.5 Å². The first kappa shape index (κ1) is 14.2. The first-order chi connectivity index (χ1) is 10.2. The van der Waals surface area contributed by atoms with E-state index in [2.05, 4.69) is 43.0 Å². The van der Waals surface area contributed by atoms with Crippen LogP contribution in [0.5, 0.6) is 0 Å². The first-order valence-electron chi connectivity index (χ1n) is 7.59. The van der Waals surface area contributed by atoms with Crippen molar-refractivity contribution in [2.45, 2.75) is 33.4 Å². The second-order valence-corrected chi connectivity index (χ2v) is 5.61. The zero-order valence-electron chi connectivity index (χ0n) is 12.8. The summed E-state index contributed by atoms with van der Waals surface area (Å²) in [6.45, 7) is 7.80. The average Bonchev–Trinajstić information content (AvgIpc) is 2.54. The van der Waals surface area contributed by atoms with Gasteiger partial charge in [0.15, 0.2) is 5.82 Å². The second kappa shape index (κ2) is 5.92. The molecule has 0 bridgehead atoms. The Bertz CT molecular complexity index is 617. The van der Waals surface area contributed by atoms with E-state index in [0.717, 1.165) is 43.1 Å². The van der Waals surface area contributed by atoms with Gasteiger partial charge in [-0.25, -0.2) is 9.97 Å². The zero-order valence-corrected chi connectivity index (χ0v) is 12.8. The van der Waals surface area contributed by atoms with Crippen LogP contribution in [0, 0.1) is 6.92 Å². The molecule has 1 aromatic carbocycles. The minimum Gasteiger partial charge on any atom is -0.325 e. The van der Waals surface area contributed by atoms with Crippen molar-refractivity contribution in [3.63, 3.8) is 0 Å². The van der Waals surface area contributed by atoms with Crippen LogP contribution in [0.1, 0.15) is 29.4 Å². The minimum atomic E-state index is 0.473. The molecule has 21 heavy (non-hydrogen) atoms. The summed E-state index contributed by atoms with van der Waals surface area (Å²) in [7, 11) is 0. The summed E-state index contributed by atoms with van der Waals surface area (Å²) in [6.07, 6.45) is 0.984. The van der Waals surface area contributed by atoms with Crippen LogP contribution < -0.4 is 5.73 Å². The van der Waals surface area contributed by atoms with Gasteiger partial charge in [-0.3, -0.25) is 4.90 Å². The van der Waals surface area contributed by atoms with Gasteiger partial charge >= 0.3 is 0 Å². The summed E-state index contributed by atoms with van der Waals surface area (Å²) in [5.74, 6) is 0.805.